The van der Waals surface area contributed by atoms with E-state index in [4.69, 9.17) is 4.74 Å². The van der Waals surface area contributed by atoms with Gasteiger partial charge in [-0.1, -0.05) is 30.3 Å². The Bertz CT molecular complexity index is 393. The first-order valence-corrected chi connectivity index (χ1v) is 5.93. The average molecular weight is 251 g/mol. The van der Waals surface area contributed by atoms with E-state index in [2.05, 4.69) is 5.32 Å². The summed E-state index contributed by atoms with van der Waals surface area (Å²) in [6, 6.07) is 9.44. The Morgan fingerprint density at radius 3 is 2.28 bits per heavy atom. The Balaban J connectivity index is 2.48. The number of carbonyl (C=O) groups excluding carboxylic acids is 1. The molecule has 1 amide bonds. The summed E-state index contributed by atoms with van der Waals surface area (Å²) in [7, 11) is 0. The van der Waals surface area contributed by atoms with Gasteiger partial charge in [-0.3, -0.25) is 0 Å². The molecular weight excluding hydrogens is 230 g/mol. The molecule has 0 aliphatic rings. The largest absolute Gasteiger partial charge is 0.445 e. The van der Waals surface area contributed by atoms with Crippen LogP contribution < -0.4 is 5.32 Å². The molecule has 0 spiro atoms. The summed E-state index contributed by atoms with van der Waals surface area (Å²) in [5, 5.41) is 12.6. The lowest BCUT2D eigenvalue weighted by molar-refractivity contribution is -0.00559. The Labute approximate surface area is 108 Å². The number of alkyl carbamates (subject to hydrolysis) is 1. The Kier molecular flexibility index (Phi) is 4.35. The molecule has 4 heteroatoms. The topological polar surface area (TPSA) is 58.6 Å². The number of benzene rings is 1. The van der Waals surface area contributed by atoms with Gasteiger partial charge in [-0.2, -0.15) is 0 Å². The fourth-order valence-electron chi connectivity index (χ4n) is 1.17. The van der Waals surface area contributed by atoms with E-state index in [1.807, 2.05) is 30.3 Å². The highest BCUT2D eigenvalue weighted by Gasteiger charge is 2.36. The fourth-order valence-corrected chi connectivity index (χ4v) is 1.17. The van der Waals surface area contributed by atoms with Crippen LogP contribution in [-0.2, 0) is 11.3 Å². The third kappa shape index (κ3) is 4.04. The molecule has 0 atom stereocenters. The van der Waals surface area contributed by atoms with Crippen LogP contribution in [0.5, 0.6) is 0 Å². The van der Waals surface area contributed by atoms with Crippen molar-refractivity contribution in [2.75, 3.05) is 0 Å². The number of ether oxygens (including phenoxy) is 1. The van der Waals surface area contributed by atoms with Crippen LogP contribution >= 0.6 is 0 Å². The Morgan fingerprint density at radius 2 is 1.78 bits per heavy atom. The van der Waals surface area contributed by atoms with Crippen molar-refractivity contribution in [3.63, 3.8) is 0 Å². The molecule has 0 unspecified atom stereocenters. The molecule has 0 aliphatic carbocycles. The normalized spacial score (nSPS) is 12.1. The van der Waals surface area contributed by atoms with Crippen LogP contribution in [0.4, 0.5) is 4.79 Å². The van der Waals surface area contributed by atoms with E-state index < -0.39 is 17.2 Å². The van der Waals surface area contributed by atoms with Crippen LogP contribution in [0.1, 0.15) is 33.3 Å². The van der Waals surface area contributed by atoms with Gasteiger partial charge in [0.1, 0.15) is 6.61 Å². The first kappa shape index (κ1) is 14.5. The first-order chi connectivity index (χ1) is 8.22. The number of rotatable bonds is 4. The molecule has 100 valence electrons. The zero-order chi connectivity index (χ0) is 13.8. The van der Waals surface area contributed by atoms with Crippen molar-refractivity contribution < 1.29 is 14.6 Å². The van der Waals surface area contributed by atoms with Gasteiger partial charge in [0.15, 0.2) is 0 Å². The van der Waals surface area contributed by atoms with Crippen LogP contribution in [-0.4, -0.2) is 22.3 Å². The van der Waals surface area contributed by atoms with Gasteiger partial charge in [0.2, 0.25) is 0 Å². The number of aliphatic hydroxyl groups is 1. The van der Waals surface area contributed by atoms with E-state index in [-0.39, 0.29) is 6.61 Å². The summed E-state index contributed by atoms with van der Waals surface area (Å²) in [6.07, 6.45) is -0.536. The summed E-state index contributed by atoms with van der Waals surface area (Å²) in [5.74, 6) is 0. The van der Waals surface area contributed by atoms with E-state index in [1.54, 1.807) is 27.7 Å². The molecule has 1 rings (SSSR count). The lowest BCUT2D eigenvalue weighted by atomic mass is 9.86. The number of carbonyl (C=O) groups is 1. The maximum atomic E-state index is 11.6. The standard InChI is InChI=1S/C14H21NO3/c1-13(2,14(3,4)17)15-12(16)18-10-11-8-6-5-7-9-11/h5-9,17H,10H2,1-4H3,(H,15,16). The van der Waals surface area contributed by atoms with Gasteiger partial charge in [0, 0.05) is 0 Å². The van der Waals surface area contributed by atoms with E-state index >= 15 is 0 Å². The lowest BCUT2D eigenvalue weighted by Crippen LogP contribution is -2.57. The highest BCUT2D eigenvalue weighted by atomic mass is 16.5. The summed E-state index contributed by atoms with van der Waals surface area (Å²) >= 11 is 0. The summed E-state index contributed by atoms with van der Waals surface area (Å²) in [5.41, 5.74) is -0.867. The van der Waals surface area contributed by atoms with Crippen LogP contribution in [0.15, 0.2) is 30.3 Å². The summed E-state index contributed by atoms with van der Waals surface area (Å²) < 4.78 is 5.10. The van der Waals surface area contributed by atoms with Gasteiger partial charge in [-0.25, -0.2) is 4.79 Å². The third-order valence-electron chi connectivity index (χ3n) is 3.16. The van der Waals surface area contributed by atoms with Crippen LogP contribution in [0, 0.1) is 0 Å². The van der Waals surface area contributed by atoms with Gasteiger partial charge in [-0.15, -0.1) is 0 Å². The second-order valence-corrected chi connectivity index (χ2v) is 5.37. The SMILES string of the molecule is CC(C)(O)C(C)(C)NC(=O)OCc1ccccc1. The summed E-state index contributed by atoms with van der Waals surface area (Å²) in [4.78, 5) is 11.6. The molecule has 0 saturated carbocycles. The van der Waals surface area contributed by atoms with E-state index in [1.165, 1.54) is 0 Å². The molecule has 2 N–H and O–H groups in total. The minimum absolute atomic E-state index is 0.217. The van der Waals surface area contributed by atoms with E-state index in [9.17, 15) is 9.90 Å². The number of nitrogens with one attached hydrogen (secondary N) is 1. The van der Waals surface area contributed by atoms with Crippen molar-refractivity contribution in [1.82, 2.24) is 5.32 Å². The van der Waals surface area contributed by atoms with Gasteiger partial charge >= 0.3 is 6.09 Å². The van der Waals surface area contributed by atoms with Crippen LogP contribution in [0.25, 0.3) is 0 Å². The monoisotopic (exact) mass is 251 g/mol. The molecular formula is C14H21NO3. The average Bonchev–Trinajstić information content (AvgIpc) is 2.26. The van der Waals surface area contributed by atoms with E-state index in [0.29, 0.717) is 0 Å². The van der Waals surface area contributed by atoms with E-state index in [0.717, 1.165) is 5.56 Å². The molecule has 18 heavy (non-hydrogen) atoms. The third-order valence-corrected chi connectivity index (χ3v) is 3.16. The first-order valence-electron chi connectivity index (χ1n) is 5.93. The van der Waals surface area contributed by atoms with Crippen molar-refractivity contribution >= 4 is 6.09 Å². The van der Waals surface area contributed by atoms with Crippen molar-refractivity contribution in [2.45, 2.75) is 45.4 Å². The second kappa shape index (κ2) is 5.40. The molecule has 0 aliphatic heterocycles. The highest BCUT2D eigenvalue weighted by molar-refractivity contribution is 5.68. The zero-order valence-electron chi connectivity index (χ0n) is 11.4. The minimum Gasteiger partial charge on any atom is -0.445 e. The predicted molar refractivity (Wildman–Crippen MR) is 70.1 cm³/mol. The molecule has 0 radical (unpaired) electrons. The maximum Gasteiger partial charge on any atom is 0.407 e. The zero-order valence-corrected chi connectivity index (χ0v) is 11.4. The molecule has 0 heterocycles. The molecule has 1 aromatic rings. The Morgan fingerprint density at radius 1 is 1.22 bits per heavy atom. The second-order valence-electron chi connectivity index (χ2n) is 5.37. The number of hydrogen-bond acceptors (Lipinski definition) is 3. The van der Waals surface area contributed by atoms with Gasteiger partial charge < -0.3 is 15.2 Å². The van der Waals surface area contributed by atoms with Crippen LogP contribution in [0.2, 0.25) is 0 Å². The summed E-state index contributed by atoms with van der Waals surface area (Å²) in [6.45, 7) is 7.00. The lowest BCUT2D eigenvalue weighted by Gasteiger charge is -2.37. The molecule has 0 fully saturated rings. The van der Waals surface area contributed by atoms with Crippen molar-refractivity contribution in [2.24, 2.45) is 0 Å². The fraction of sp³-hybridized carbons (Fsp3) is 0.500. The van der Waals surface area contributed by atoms with Gasteiger partial charge in [0.25, 0.3) is 0 Å². The van der Waals surface area contributed by atoms with Crippen molar-refractivity contribution in [1.29, 1.82) is 0 Å². The maximum absolute atomic E-state index is 11.6. The smallest absolute Gasteiger partial charge is 0.407 e. The molecule has 0 aromatic heterocycles. The van der Waals surface area contributed by atoms with Crippen molar-refractivity contribution in [3.05, 3.63) is 35.9 Å². The highest BCUT2D eigenvalue weighted by Crippen LogP contribution is 2.20. The quantitative estimate of drug-likeness (QED) is 0.864. The number of hydrogen-bond donors (Lipinski definition) is 2. The van der Waals surface area contributed by atoms with Gasteiger partial charge in [0.05, 0.1) is 11.1 Å². The minimum atomic E-state index is -1.03. The molecule has 0 saturated heterocycles. The number of amides is 1. The van der Waals surface area contributed by atoms with Crippen molar-refractivity contribution in [3.8, 4) is 0 Å². The Hall–Kier alpha value is -1.55. The molecule has 0 bridgehead atoms. The predicted octanol–water partition coefficient (Wildman–Crippen LogP) is 2.46. The van der Waals surface area contributed by atoms with Gasteiger partial charge in [-0.05, 0) is 33.3 Å². The molecule has 4 nitrogen and oxygen atoms in total. The van der Waals surface area contributed by atoms with Crippen LogP contribution in [0.3, 0.4) is 0 Å². The molecule has 1 aromatic carbocycles.